The maximum atomic E-state index is 6.67. The third-order valence-corrected chi connectivity index (χ3v) is 7.80. The van der Waals surface area contributed by atoms with Gasteiger partial charge in [-0.15, -0.1) is 0 Å². The van der Waals surface area contributed by atoms with E-state index in [0.717, 1.165) is 22.6 Å². The van der Waals surface area contributed by atoms with Gasteiger partial charge in [0.15, 0.2) is 10.8 Å². The van der Waals surface area contributed by atoms with Crippen molar-refractivity contribution in [1.82, 2.24) is 19.5 Å². The molecule has 3 atom stereocenters. The summed E-state index contributed by atoms with van der Waals surface area (Å²) in [7, 11) is 0. The molecule has 0 aliphatic carbocycles. The molecular weight excluding hydrogens is 585 g/mol. The lowest BCUT2D eigenvalue weighted by atomic mass is 10.1. The van der Waals surface area contributed by atoms with Gasteiger partial charge in [0.1, 0.15) is 42.1 Å². The van der Waals surface area contributed by atoms with Crippen LogP contribution < -0.4 is 14.8 Å². The van der Waals surface area contributed by atoms with Crippen molar-refractivity contribution < 1.29 is 14.2 Å². The van der Waals surface area contributed by atoms with Gasteiger partial charge in [-0.2, -0.15) is 9.97 Å². The highest BCUT2D eigenvalue weighted by molar-refractivity contribution is 6.42. The summed E-state index contributed by atoms with van der Waals surface area (Å²) in [5.41, 5.74) is 3.97. The minimum Gasteiger partial charge on any atom is -0.491 e. The fourth-order valence-electron chi connectivity index (χ4n) is 4.63. The molecule has 6 rings (SSSR count). The molecule has 5 aromatic rings. The van der Waals surface area contributed by atoms with Crippen LogP contribution in [0.1, 0.15) is 23.8 Å². The van der Waals surface area contributed by atoms with Crippen molar-refractivity contribution in [2.24, 2.45) is 0 Å². The highest BCUT2D eigenvalue weighted by Crippen LogP contribution is 2.36. The highest BCUT2D eigenvalue weighted by atomic mass is 35.5. The van der Waals surface area contributed by atoms with E-state index < -0.39 is 6.23 Å². The van der Waals surface area contributed by atoms with Crippen molar-refractivity contribution in [3.63, 3.8) is 0 Å². The van der Waals surface area contributed by atoms with Gasteiger partial charge in [-0.05, 0) is 56.3 Å². The quantitative estimate of drug-likeness (QED) is 0.178. The largest absolute Gasteiger partial charge is 0.491 e. The van der Waals surface area contributed by atoms with Crippen LogP contribution in [0.4, 0.5) is 11.6 Å². The normalized spacial score (nSPS) is 18.5. The van der Waals surface area contributed by atoms with Gasteiger partial charge in [-0.25, -0.2) is 4.98 Å². The smallest absolute Gasteiger partial charge is 0.230 e. The van der Waals surface area contributed by atoms with Crippen LogP contribution in [0.25, 0.3) is 11.2 Å². The Balaban J connectivity index is 1.24. The van der Waals surface area contributed by atoms with E-state index in [1.54, 1.807) is 24.5 Å². The van der Waals surface area contributed by atoms with E-state index in [1.807, 2.05) is 66.9 Å². The van der Waals surface area contributed by atoms with Crippen molar-refractivity contribution in [2.45, 2.75) is 38.7 Å². The third-order valence-electron chi connectivity index (χ3n) is 6.80. The van der Waals surface area contributed by atoms with E-state index in [9.17, 15) is 0 Å². The van der Waals surface area contributed by atoms with Crippen LogP contribution in [0.2, 0.25) is 15.2 Å². The lowest BCUT2D eigenvalue weighted by Crippen LogP contribution is -2.32. The molecule has 0 spiro atoms. The Bertz CT molecular complexity index is 1680. The standard InChI is InChI=1S/C30H26Cl3N5O3/c1-17-3-8-20(9-4-17)39-15-25-24(40-21-10-5-18(2)6-11-21)14-26(41-25)38-16-34-29-27(38)28(33)36-30(37-29)35-19-7-12-22(31)23(32)13-19/h3-13,16,24-26H,14-15H2,1-2H3,(H,35,36,37). The second-order valence-electron chi connectivity index (χ2n) is 9.87. The molecule has 1 aliphatic heterocycles. The molecular formula is C30H26Cl3N5O3. The summed E-state index contributed by atoms with van der Waals surface area (Å²) in [6, 6.07) is 21.0. The number of halogens is 3. The van der Waals surface area contributed by atoms with Crippen LogP contribution in [-0.2, 0) is 4.74 Å². The molecule has 2 aromatic heterocycles. The van der Waals surface area contributed by atoms with Crippen molar-refractivity contribution >= 4 is 57.6 Å². The number of rotatable bonds is 8. The van der Waals surface area contributed by atoms with Gasteiger partial charge in [-0.1, -0.05) is 70.2 Å². The molecule has 0 amide bonds. The Morgan fingerprint density at radius 1 is 0.902 bits per heavy atom. The molecule has 8 nitrogen and oxygen atoms in total. The van der Waals surface area contributed by atoms with Crippen molar-refractivity contribution in [3.8, 4) is 11.5 Å². The van der Waals surface area contributed by atoms with Crippen LogP contribution >= 0.6 is 34.8 Å². The molecule has 1 N–H and O–H groups in total. The van der Waals surface area contributed by atoms with Gasteiger partial charge in [0.25, 0.3) is 0 Å². The maximum absolute atomic E-state index is 6.67. The molecule has 0 radical (unpaired) electrons. The number of benzene rings is 3. The summed E-state index contributed by atoms with van der Waals surface area (Å²) < 4.78 is 20.8. The van der Waals surface area contributed by atoms with Crippen molar-refractivity contribution in [2.75, 3.05) is 11.9 Å². The molecule has 0 saturated carbocycles. The second-order valence-corrected chi connectivity index (χ2v) is 11.0. The minimum atomic E-state index is -0.419. The Kier molecular flexibility index (Phi) is 7.90. The zero-order valence-corrected chi connectivity index (χ0v) is 24.5. The molecule has 1 saturated heterocycles. The fraction of sp³-hybridized carbons (Fsp3) is 0.233. The van der Waals surface area contributed by atoms with Gasteiger partial charge < -0.3 is 19.5 Å². The highest BCUT2D eigenvalue weighted by Gasteiger charge is 2.39. The number of anilines is 2. The Hall–Kier alpha value is -3.56. The van der Waals surface area contributed by atoms with Crippen molar-refractivity contribution in [1.29, 1.82) is 0 Å². The monoisotopic (exact) mass is 609 g/mol. The minimum absolute atomic E-state index is 0.231. The summed E-state index contributed by atoms with van der Waals surface area (Å²) in [4.78, 5) is 13.5. The first kappa shape index (κ1) is 27.6. The molecule has 1 aliphatic rings. The Morgan fingerprint density at radius 2 is 1.61 bits per heavy atom. The average Bonchev–Trinajstić information content (AvgIpc) is 3.56. The van der Waals surface area contributed by atoms with Crippen LogP contribution in [0.15, 0.2) is 73.1 Å². The Labute approximate surface area is 252 Å². The predicted molar refractivity (Wildman–Crippen MR) is 161 cm³/mol. The topological polar surface area (TPSA) is 83.3 Å². The number of aryl methyl sites for hydroxylation is 2. The summed E-state index contributed by atoms with van der Waals surface area (Å²) in [6.45, 7) is 4.39. The lowest BCUT2D eigenvalue weighted by Gasteiger charge is -2.20. The first-order valence-corrected chi connectivity index (χ1v) is 14.2. The van der Waals surface area contributed by atoms with E-state index in [1.165, 1.54) is 0 Å². The van der Waals surface area contributed by atoms with Gasteiger partial charge in [0.05, 0.1) is 16.4 Å². The fourth-order valence-corrected chi connectivity index (χ4v) is 5.19. The molecule has 210 valence electrons. The summed E-state index contributed by atoms with van der Waals surface area (Å²) in [5, 5.41) is 4.19. The molecule has 3 aromatic carbocycles. The van der Waals surface area contributed by atoms with Crippen LogP contribution in [0, 0.1) is 13.8 Å². The number of hydrogen-bond acceptors (Lipinski definition) is 7. The van der Waals surface area contributed by atoms with Gasteiger partial charge >= 0.3 is 0 Å². The second kappa shape index (κ2) is 11.7. The molecule has 3 unspecified atom stereocenters. The third kappa shape index (κ3) is 6.21. The zero-order valence-electron chi connectivity index (χ0n) is 22.2. The predicted octanol–water partition coefficient (Wildman–Crippen LogP) is 7.96. The van der Waals surface area contributed by atoms with E-state index in [4.69, 9.17) is 49.0 Å². The zero-order chi connectivity index (χ0) is 28.5. The number of ether oxygens (including phenoxy) is 3. The Morgan fingerprint density at radius 3 is 2.32 bits per heavy atom. The van der Waals surface area contributed by atoms with Crippen LogP contribution in [0.5, 0.6) is 11.5 Å². The number of aromatic nitrogens is 4. The summed E-state index contributed by atoms with van der Waals surface area (Å²) in [5.74, 6) is 1.81. The molecule has 3 heterocycles. The molecule has 0 bridgehead atoms. The maximum Gasteiger partial charge on any atom is 0.230 e. The first-order valence-electron chi connectivity index (χ1n) is 13.0. The first-order chi connectivity index (χ1) is 19.8. The van der Waals surface area contributed by atoms with E-state index in [-0.39, 0.29) is 23.3 Å². The molecule has 1 fully saturated rings. The van der Waals surface area contributed by atoms with Gasteiger partial charge in [0, 0.05) is 12.1 Å². The van der Waals surface area contributed by atoms with E-state index in [0.29, 0.717) is 39.9 Å². The number of nitrogens with one attached hydrogen (secondary N) is 1. The number of fused-ring (bicyclic) bond motifs is 1. The van der Waals surface area contributed by atoms with Crippen LogP contribution in [-0.4, -0.2) is 38.3 Å². The van der Waals surface area contributed by atoms with E-state index in [2.05, 4.69) is 20.3 Å². The molecule has 11 heteroatoms. The van der Waals surface area contributed by atoms with Crippen LogP contribution in [0.3, 0.4) is 0 Å². The molecule has 41 heavy (non-hydrogen) atoms. The van der Waals surface area contributed by atoms with Gasteiger partial charge in [-0.3, -0.25) is 4.57 Å². The van der Waals surface area contributed by atoms with E-state index >= 15 is 0 Å². The summed E-state index contributed by atoms with van der Waals surface area (Å²) >= 11 is 18.8. The number of nitrogens with zero attached hydrogens (tertiary/aromatic N) is 4. The SMILES string of the molecule is Cc1ccc(OCC2OC(n3cnc4nc(Nc5ccc(Cl)c(Cl)c5)nc(Cl)c43)CC2Oc2ccc(C)cc2)cc1. The number of imidazole rings is 1. The summed E-state index contributed by atoms with van der Waals surface area (Å²) in [6.07, 6.45) is 1.15. The van der Waals surface area contributed by atoms with Gasteiger partial charge in [0.2, 0.25) is 5.95 Å². The lowest BCUT2D eigenvalue weighted by molar-refractivity contribution is -0.0340. The average molecular weight is 611 g/mol. The van der Waals surface area contributed by atoms with Crippen molar-refractivity contribution in [3.05, 3.63) is 99.4 Å². The number of hydrogen-bond donors (Lipinski definition) is 1.